The standard InChI is InChI=1S/C21H27NO4S/c22-12-15-1-7-18(8-2-15)21-25-19(14-27-10-9-23)11-20(26-21)17-5-3-16(13-24)4-6-17/h1-8,19-21,23-24H,9-14,22H2. The second kappa shape index (κ2) is 10.2. The van der Waals surface area contributed by atoms with Crippen molar-refractivity contribution in [3.8, 4) is 0 Å². The molecule has 0 aromatic heterocycles. The number of hydrogen-bond acceptors (Lipinski definition) is 6. The van der Waals surface area contributed by atoms with Crippen LogP contribution in [0, 0.1) is 0 Å². The molecule has 0 spiro atoms. The lowest BCUT2D eigenvalue weighted by Gasteiger charge is -2.36. The Bertz CT molecular complexity index is 637. The molecular weight excluding hydrogens is 362 g/mol. The predicted molar refractivity (Wildman–Crippen MR) is 107 cm³/mol. The van der Waals surface area contributed by atoms with Crippen LogP contribution >= 0.6 is 11.8 Å². The van der Waals surface area contributed by atoms with Crippen molar-refractivity contribution < 1.29 is 19.7 Å². The maximum absolute atomic E-state index is 9.25. The SMILES string of the molecule is NCc1ccc(C2OC(CSCCO)CC(c3ccc(CO)cc3)O2)cc1. The van der Waals surface area contributed by atoms with Crippen molar-refractivity contribution in [3.63, 3.8) is 0 Å². The molecule has 3 unspecified atom stereocenters. The molecule has 6 heteroatoms. The summed E-state index contributed by atoms with van der Waals surface area (Å²) in [7, 11) is 0. The van der Waals surface area contributed by atoms with E-state index in [0.29, 0.717) is 12.3 Å². The maximum atomic E-state index is 9.25. The molecule has 1 heterocycles. The summed E-state index contributed by atoms with van der Waals surface area (Å²) in [5, 5.41) is 18.3. The highest BCUT2D eigenvalue weighted by atomic mass is 32.2. The van der Waals surface area contributed by atoms with E-state index < -0.39 is 6.29 Å². The molecule has 0 aliphatic carbocycles. The predicted octanol–water partition coefficient (Wildman–Crippen LogP) is 2.91. The molecule has 2 aromatic rings. The molecule has 1 saturated heterocycles. The molecule has 2 aromatic carbocycles. The van der Waals surface area contributed by atoms with E-state index in [0.717, 1.165) is 34.4 Å². The molecular formula is C21H27NO4S. The molecule has 146 valence electrons. The van der Waals surface area contributed by atoms with Crippen molar-refractivity contribution in [3.05, 3.63) is 70.8 Å². The molecule has 3 rings (SSSR count). The van der Waals surface area contributed by atoms with Gasteiger partial charge in [-0.25, -0.2) is 0 Å². The van der Waals surface area contributed by atoms with E-state index >= 15 is 0 Å². The van der Waals surface area contributed by atoms with Gasteiger partial charge in [-0.15, -0.1) is 0 Å². The van der Waals surface area contributed by atoms with Crippen molar-refractivity contribution in [1.82, 2.24) is 0 Å². The first-order chi connectivity index (χ1) is 13.2. The zero-order valence-corrected chi connectivity index (χ0v) is 16.1. The zero-order valence-electron chi connectivity index (χ0n) is 15.3. The number of aliphatic hydroxyl groups excluding tert-OH is 2. The number of aliphatic hydroxyl groups is 2. The van der Waals surface area contributed by atoms with Gasteiger partial charge in [-0.1, -0.05) is 48.5 Å². The molecule has 0 amide bonds. The quantitative estimate of drug-likeness (QED) is 0.602. The van der Waals surface area contributed by atoms with Gasteiger partial charge in [0.2, 0.25) is 0 Å². The molecule has 4 N–H and O–H groups in total. The lowest BCUT2D eigenvalue weighted by atomic mass is 10.0. The van der Waals surface area contributed by atoms with Gasteiger partial charge in [0.15, 0.2) is 6.29 Å². The van der Waals surface area contributed by atoms with Crippen LogP contribution in [0.1, 0.15) is 41.1 Å². The first kappa shape index (κ1) is 20.3. The Hall–Kier alpha value is -1.41. The Labute approximate surface area is 164 Å². The summed E-state index contributed by atoms with van der Waals surface area (Å²) in [5.74, 6) is 1.51. The van der Waals surface area contributed by atoms with E-state index in [4.69, 9.17) is 20.3 Å². The van der Waals surface area contributed by atoms with Crippen LogP contribution in [0.15, 0.2) is 48.5 Å². The Morgan fingerprint density at radius 1 is 0.926 bits per heavy atom. The summed E-state index contributed by atoms with van der Waals surface area (Å²) in [6, 6.07) is 15.9. The molecule has 1 aliphatic heterocycles. The molecule has 3 atom stereocenters. The van der Waals surface area contributed by atoms with Gasteiger partial charge < -0.3 is 25.4 Å². The average molecular weight is 390 g/mol. The van der Waals surface area contributed by atoms with E-state index in [1.165, 1.54) is 0 Å². The van der Waals surface area contributed by atoms with Gasteiger partial charge in [-0.3, -0.25) is 0 Å². The molecule has 27 heavy (non-hydrogen) atoms. The van der Waals surface area contributed by atoms with Crippen molar-refractivity contribution in [2.75, 3.05) is 18.1 Å². The average Bonchev–Trinajstić information content (AvgIpc) is 2.74. The highest BCUT2D eigenvalue weighted by Crippen LogP contribution is 2.38. The van der Waals surface area contributed by atoms with Crippen molar-refractivity contribution >= 4 is 11.8 Å². The van der Waals surface area contributed by atoms with E-state index in [1.807, 2.05) is 48.5 Å². The Morgan fingerprint density at radius 2 is 1.59 bits per heavy atom. The highest BCUT2D eigenvalue weighted by Gasteiger charge is 2.32. The minimum atomic E-state index is -0.437. The minimum absolute atomic E-state index is 0.0332. The number of benzene rings is 2. The van der Waals surface area contributed by atoms with Gasteiger partial charge >= 0.3 is 0 Å². The summed E-state index contributed by atoms with van der Waals surface area (Å²) in [5.41, 5.74) is 9.69. The van der Waals surface area contributed by atoms with E-state index in [1.54, 1.807) is 11.8 Å². The Kier molecular flexibility index (Phi) is 7.70. The third-order valence-electron chi connectivity index (χ3n) is 4.64. The monoisotopic (exact) mass is 389 g/mol. The molecule has 0 bridgehead atoms. The number of hydrogen-bond donors (Lipinski definition) is 3. The third-order valence-corrected chi connectivity index (χ3v) is 5.72. The smallest absolute Gasteiger partial charge is 0.184 e. The second-order valence-corrected chi connectivity index (χ2v) is 7.74. The topological polar surface area (TPSA) is 84.9 Å². The van der Waals surface area contributed by atoms with Crippen molar-refractivity contribution in [2.24, 2.45) is 5.73 Å². The largest absolute Gasteiger partial charge is 0.396 e. The summed E-state index contributed by atoms with van der Waals surface area (Å²) in [6.07, 6.45) is 0.282. The lowest BCUT2D eigenvalue weighted by Crippen LogP contribution is -2.31. The maximum Gasteiger partial charge on any atom is 0.184 e. The van der Waals surface area contributed by atoms with Gasteiger partial charge in [0, 0.05) is 30.0 Å². The van der Waals surface area contributed by atoms with E-state index in [-0.39, 0.29) is 25.4 Å². The fraction of sp³-hybridized carbons (Fsp3) is 0.429. The summed E-state index contributed by atoms with van der Waals surface area (Å²) >= 11 is 1.69. The van der Waals surface area contributed by atoms with Crippen LogP contribution < -0.4 is 5.73 Å². The number of ether oxygens (including phenoxy) is 2. The Morgan fingerprint density at radius 3 is 2.22 bits per heavy atom. The number of nitrogens with two attached hydrogens (primary N) is 1. The van der Waals surface area contributed by atoms with Crippen molar-refractivity contribution in [1.29, 1.82) is 0 Å². The van der Waals surface area contributed by atoms with Crippen LogP contribution in [0.3, 0.4) is 0 Å². The van der Waals surface area contributed by atoms with Crippen LogP contribution in [0.5, 0.6) is 0 Å². The van der Waals surface area contributed by atoms with Gasteiger partial charge in [0.1, 0.15) is 0 Å². The van der Waals surface area contributed by atoms with Crippen molar-refractivity contribution in [2.45, 2.75) is 38.1 Å². The fourth-order valence-corrected chi connectivity index (χ4v) is 3.89. The first-order valence-electron chi connectivity index (χ1n) is 9.21. The van der Waals surface area contributed by atoms with Crippen LogP contribution in [0.2, 0.25) is 0 Å². The minimum Gasteiger partial charge on any atom is -0.396 e. The van der Waals surface area contributed by atoms with Crippen LogP contribution in [0.4, 0.5) is 0 Å². The zero-order chi connectivity index (χ0) is 19.1. The summed E-state index contributed by atoms with van der Waals surface area (Å²) < 4.78 is 12.5. The lowest BCUT2D eigenvalue weighted by molar-refractivity contribution is -0.245. The molecule has 0 saturated carbocycles. The normalized spacial score (nSPS) is 22.7. The van der Waals surface area contributed by atoms with Crippen LogP contribution in [-0.4, -0.2) is 34.4 Å². The highest BCUT2D eigenvalue weighted by molar-refractivity contribution is 7.99. The number of thioether (sulfide) groups is 1. The van der Waals surface area contributed by atoms with Gasteiger partial charge in [-0.05, 0) is 16.7 Å². The van der Waals surface area contributed by atoms with E-state index in [2.05, 4.69) is 0 Å². The van der Waals surface area contributed by atoms with Gasteiger partial charge in [0.25, 0.3) is 0 Å². The summed E-state index contributed by atoms with van der Waals surface area (Å²) in [6.45, 7) is 0.711. The first-order valence-corrected chi connectivity index (χ1v) is 10.4. The van der Waals surface area contributed by atoms with E-state index in [9.17, 15) is 5.11 Å². The van der Waals surface area contributed by atoms with Crippen LogP contribution in [-0.2, 0) is 22.6 Å². The van der Waals surface area contributed by atoms with Crippen LogP contribution in [0.25, 0.3) is 0 Å². The third kappa shape index (κ3) is 5.54. The number of rotatable bonds is 8. The Balaban J connectivity index is 1.77. The van der Waals surface area contributed by atoms with Gasteiger partial charge in [0.05, 0.1) is 25.4 Å². The molecule has 5 nitrogen and oxygen atoms in total. The fourth-order valence-electron chi connectivity index (χ4n) is 3.11. The van der Waals surface area contributed by atoms with Gasteiger partial charge in [-0.2, -0.15) is 11.8 Å². The summed E-state index contributed by atoms with van der Waals surface area (Å²) in [4.78, 5) is 0. The molecule has 1 aliphatic rings. The second-order valence-electron chi connectivity index (χ2n) is 6.59. The molecule has 0 radical (unpaired) electrons. The molecule has 1 fully saturated rings.